The van der Waals surface area contributed by atoms with Gasteiger partial charge in [0.25, 0.3) is 0 Å². The molecule has 0 fully saturated rings. The number of nitrogens with zero attached hydrogens (tertiary/aromatic N) is 2. The number of fused-ring (bicyclic) bond motifs is 5. The largest absolute Gasteiger partial charge is 0.226 e. The molecule has 0 atom stereocenters. The lowest BCUT2D eigenvalue weighted by Gasteiger charge is -2.21. The second kappa shape index (κ2) is 14.3. The van der Waals surface area contributed by atoms with Crippen molar-refractivity contribution in [2.24, 2.45) is 0 Å². The molecule has 1 aliphatic rings. The maximum atomic E-state index is 5.27. The van der Waals surface area contributed by atoms with Gasteiger partial charge >= 0.3 is 0 Å². The molecular formula is C56H34N2S2. The summed E-state index contributed by atoms with van der Waals surface area (Å²) in [5.41, 5.74) is 16.2. The topological polar surface area (TPSA) is 25.8 Å². The predicted octanol–water partition coefficient (Wildman–Crippen LogP) is 16.1. The molecular weight excluding hydrogens is 765 g/mol. The summed E-state index contributed by atoms with van der Waals surface area (Å²) in [7, 11) is 0. The van der Waals surface area contributed by atoms with E-state index in [4.69, 9.17) is 9.97 Å². The average molecular weight is 799 g/mol. The molecule has 0 spiro atoms. The molecule has 0 N–H and O–H groups in total. The molecule has 0 radical (unpaired) electrons. The first-order valence-electron chi connectivity index (χ1n) is 20.2. The minimum absolute atomic E-state index is 0.728. The van der Waals surface area contributed by atoms with Gasteiger partial charge in [0.2, 0.25) is 0 Å². The van der Waals surface area contributed by atoms with Crippen LogP contribution in [0.25, 0.3) is 109 Å². The van der Waals surface area contributed by atoms with E-state index < -0.39 is 0 Å². The van der Waals surface area contributed by atoms with Crippen LogP contribution in [0, 0.1) is 0 Å². The van der Waals surface area contributed by atoms with Crippen LogP contribution in [0.15, 0.2) is 216 Å². The lowest BCUT2D eigenvalue weighted by atomic mass is 9.90. The number of aromatic nitrogens is 2. The second-order valence-electron chi connectivity index (χ2n) is 15.3. The van der Waals surface area contributed by atoms with Crippen molar-refractivity contribution in [1.82, 2.24) is 9.97 Å². The van der Waals surface area contributed by atoms with Gasteiger partial charge in [-0.25, -0.2) is 9.97 Å². The van der Waals surface area contributed by atoms with Crippen molar-refractivity contribution in [3.63, 3.8) is 0 Å². The van der Waals surface area contributed by atoms with Crippen molar-refractivity contribution < 1.29 is 0 Å². The predicted molar refractivity (Wildman–Crippen MR) is 255 cm³/mol. The smallest absolute Gasteiger partial charge is 0.160 e. The van der Waals surface area contributed by atoms with Gasteiger partial charge in [0, 0.05) is 36.4 Å². The maximum absolute atomic E-state index is 5.27. The molecule has 12 rings (SSSR count). The van der Waals surface area contributed by atoms with Gasteiger partial charge in [0.15, 0.2) is 5.82 Å². The van der Waals surface area contributed by atoms with E-state index in [1.807, 2.05) is 11.8 Å². The molecule has 0 saturated heterocycles. The number of rotatable bonds is 6. The summed E-state index contributed by atoms with van der Waals surface area (Å²) in [6, 6.07) is 74.5. The zero-order chi connectivity index (χ0) is 39.6. The Hall–Kier alpha value is -7.11. The van der Waals surface area contributed by atoms with Crippen LogP contribution >= 0.6 is 23.1 Å². The Morgan fingerprint density at radius 1 is 0.333 bits per heavy atom. The highest BCUT2D eigenvalue weighted by molar-refractivity contribution is 7.99. The second-order valence-corrected chi connectivity index (χ2v) is 17.4. The normalized spacial score (nSPS) is 11.9. The zero-order valence-corrected chi connectivity index (χ0v) is 34.0. The maximum Gasteiger partial charge on any atom is 0.160 e. The van der Waals surface area contributed by atoms with Gasteiger partial charge in [-0.15, -0.1) is 11.3 Å². The van der Waals surface area contributed by atoms with E-state index in [0.29, 0.717) is 0 Å². The molecule has 4 heteroatoms. The van der Waals surface area contributed by atoms with Crippen LogP contribution in [0.1, 0.15) is 0 Å². The summed E-state index contributed by atoms with van der Waals surface area (Å²) in [6.07, 6.45) is 0. The standard InChI is InChI=1S/C56H34N2S2/c1-2-11-35(12-3-1)36-23-27-38(28-24-36)53-55-54(48-18-5-7-21-50(48)60-55)58-56(57-53)39-29-25-37(26-30-39)40-13-8-14-41(33-40)42-15-9-16-43(34-42)44-31-32-47-45-17-4-6-20-49(45)59-51-22-10-19-46(44)52(47)51/h1-34H. The lowest BCUT2D eigenvalue weighted by Crippen LogP contribution is -1.94. The van der Waals surface area contributed by atoms with Crippen LogP contribution in [-0.2, 0) is 0 Å². The van der Waals surface area contributed by atoms with E-state index in [0.717, 1.165) is 43.8 Å². The van der Waals surface area contributed by atoms with E-state index >= 15 is 0 Å². The molecule has 2 nitrogen and oxygen atoms in total. The van der Waals surface area contributed by atoms with Crippen molar-refractivity contribution in [2.45, 2.75) is 9.79 Å². The molecule has 9 aromatic carbocycles. The van der Waals surface area contributed by atoms with E-state index in [1.165, 1.54) is 75.3 Å². The van der Waals surface area contributed by atoms with Crippen molar-refractivity contribution in [3.8, 4) is 78.3 Å². The minimum Gasteiger partial charge on any atom is -0.226 e. The SMILES string of the molecule is c1ccc(-c2ccc(-c3nc(-c4ccc(-c5cccc(-c6cccc(-c7ccc8c9c(cccc79)Sc7ccccc7-8)c6)c5)cc4)nc4c3sc3ccccc34)cc2)cc1. The molecule has 2 aromatic heterocycles. The van der Waals surface area contributed by atoms with Gasteiger partial charge in [-0.2, -0.15) is 0 Å². The third-order valence-corrected chi connectivity index (χ3v) is 14.0. The summed E-state index contributed by atoms with van der Waals surface area (Å²) in [5.74, 6) is 0.728. The molecule has 0 saturated carbocycles. The van der Waals surface area contributed by atoms with Gasteiger partial charge in [-0.1, -0.05) is 188 Å². The third-order valence-electron chi connectivity index (χ3n) is 11.7. The van der Waals surface area contributed by atoms with Crippen LogP contribution in [-0.4, -0.2) is 9.97 Å². The molecule has 0 unspecified atom stereocenters. The van der Waals surface area contributed by atoms with Crippen LogP contribution in [0.3, 0.4) is 0 Å². The molecule has 280 valence electrons. The van der Waals surface area contributed by atoms with Crippen LogP contribution in [0.5, 0.6) is 0 Å². The lowest BCUT2D eigenvalue weighted by molar-refractivity contribution is 1.24. The van der Waals surface area contributed by atoms with Crippen molar-refractivity contribution in [1.29, 1.82) is 0 Å². The number of thiophene rings is 1. The molecule has 0 amide bonds. The Labute approximate surface area is 356 Å². The fourth-order valence-electron chi connectivity index (χ4n) is 8.75. The first-order valence-corrected chi connectivity index (χ1v) is 21.8. The molecule has 0 bridgehead atoms. The summed E-state index contributed by atoms with van der Waals surface area (Å²) < 4.78 is 2.33. The van der Waals surface area contributed by atoms with Crippen molar-refractivity contribution >= 4 is 54.2 Å². The highest BCUT2D eigenvalue weighted by Gasteiger charge is 2.21. The molecule has 0 aliphatic carbocycles. The first-order chi connectivity index (χ1) is 29.7. The minimum atomic E-state index is 0.728. The van der Waals surface area contributed by atoms with Gasteiger partial charge in [0.05, 0.1) is 15.9 Å². The van der Waals surface area contributed by atoms with Crippen LogP contribution in [0.2, 0.25) is 0 Å². The van der Waals surface area contributed by atoms with Gasteiger partial charge in [-0.3, -0.25) is 0 Å². The quantitative estimate of drug-likeness (QED) is 0.168. The highest BCUT2D eigenvalue weighted by Crippen LogP contribution is 2.50. The van der Waals surface area contributed by atoms with E-state index in [9.17, 15) is 0 Å². The molecule has 1 aliphatic heterocycles. The third kappa shape index (κ3) is 5.95. The van der Waals surface area contributed by atoms with Crippen LogP contribution in [0.4, 0.5) is 0 Å². The Morgan fingerprint density at radius 2 is 0.883 bits per heavy atom. The number of hydrogen-bond donors (Lipinski definition) is 0. The van der Waals surface area contributed by atoms with Crippen LogP contribution < -0.4 is 0 Å². The van der Waals surface area contributed by atoms with Crippen molar-refractivity contribution in [2.75, 3.05) is 0 Å². The Kier molecular flexibility index (Phi) is 8.32. The van der Waals surface area contributed by atoms with Gasteiger partial charge in [-0.05, 0) is 91.4 Å². The fourth-order valence-corrected chi connectivity index (χ4v) is 11.0. The monoisotopic (exact) mass is 798 g/mol. The van der Waals surface area contributed by atoms with Gasteiger partial charge in [0.1, 0.15) is 0 Å². The van der Waals surface area contributed by atoms with Gasteiger partial charge < -0.3 is 0 Å². The fraction of sp³-hybridized carbons (Fsp3) is 0. The summed E-state index contributed by atoms with van der Waals surface area (Å²) in [5, 5.41) is 3.80. The molecule has 60 heavy (non-hydrogen) atoms. The molecule has 11 aromatic rings. The summed E-state index contributed by atoms with van der Waals surface area (Å²) in [4.78, 5) is 13.1. The molecule has 3 heterocycles. The highest BCUT2D eigenvalue weighted by atomic mass is 32.2. The van der Waals surface area contributed by atoms with E-state index in [1.54, 1.807) is 11.3 Å². The summed E-state index contributed by atoms with van der Waals surface area (Å²) in [6.45, 7) is 0. The average Bonchev–Trinajstić information content (AvgIpc) is 3.71. The van der Waals surface area contributed by atoms with E-state index in [2.05, 4.69) is 206 Å². The van der Waals surface area contributed by atoms with E-state index in [-0.39, 0.29) is 0 Å². The Bertz CT molecular complexity index is 3440. The number of hydrogen-bond acceptors (Lipinski definition) is 4. The first kappa shape index (κ1) is 34.9. The zero-order valence-electron chi connectivity index (χ0n) is 32.3. The van der Waals surface area contributed by atoms with Crippen molar-refractivity contribution in [3.05, 3.63) is 206 Å². The Morgan fingerprint density at radius 3 is 1.70 bits per heavy atom. The number of benzene rings is 9. The Balaban J connectivity index is 0.881. The summed E-state index contributed by atoms with van der Waals surface area (Å²) >= 11 is 3.63.